The number of carbonyl (C=O) groups excluding carboxylic acids is 1. The van der Waals surface area contributed by atoms with E-state index in [2.05, 4.69) is 5.32 Å². The predicted molar refractivity (Wildman–Crippen MR) is 73.4 cm³/mol. The van der Waals surface area contributed by atoms with E-state index in [0.29, 0.717) is 5.69 Å². The Kier molecular flexibility index (Phi) is 4.02. The quantitative estimate of drug-likeness (QED) is 0.848. The van der Waals surface area contributed by atoms with E-state index in [1.165, 1.54) is 18.2 Å². The van der Waals surface area contributed by atoms with E-state index in [0.717, 1.165) is 5.56 Å². The van der Waals surface area contributed by atoms with E-state index < -0.39 is 11.7 Å². The molecule has 0 bridgehead atoms. The van der Waals surface area contributed by atoms with E-state index in [1.54, 1.807) is 18.2 Å². The van der Waals surface area contributed by atoms with Gasteiger partial charge in [0.1, 0.15) is 5.82 Å². The third kappa shape index (κ3) is 3.03. The van der Waals surface area contributed by atoms with Gasteiger partial charge in [-0.1, -0.05) is 35.9 Å². The molecule has 0 aliphatic rings. The highest BCUT2D eigenvalue weighted by Crippen LogP contribution is 2.19. The van der Waals surface area contributed by atoms with Crippen LogP contribution in [0.2, 0.25) is 5.02 Å². The molecule has 1 amide bonds. The molecule has 0 aliphatic heterocycles. The summed E-state index contributed by atoms with van der Waals surface area (Å²) in [4.78, 5) is 11.9. The number of benzene rings is 2. The Labute approximate surface area is 115 Å². The van der Waals surface area contributed by atoms with Gasteiger partial charge in [0.05, 0.1) is 10.6 Å². The summed E-state index contributed by atoms with van der Waals surface area (Å²) < 4.78 is 13.5. The maximum absolute atomic E-state index is 13.5. The van der Waals surface area contributed by atoms with Gasteiger partial charge >= 0.3 is 0 Å². The number of nitrogens with one attached hydrogen (secondary N) is 1. The van der Waals surface area contributed by atoms with Crippen LogP contribution in [0.5, 0.6) is 0 Å². The molecule has 0 aromatic heterocycles. The fraction of sp³-hybridized carbons (Fsp3) is 0.0714. The molecule has 0 saturated heterocycles. The highest BCUT2D eigenvalue weighted by atomic mass is 35.5. The largest absolute Gasteiger partial charge is 0.398 e. The van der Waals surface area contributed by atoms with Crippen LogP contribution in [0, 0.1) is 5.82 Å². The van der Waals surface area contributed by atoms with Gasteiger partial charge in [-0.2, -0.15) is 0 Å². The summed E-state index contributed by atoms with van der Waals surface area (Å²) in [5, 5.41) is 2.68. The van der Waals surface area contributed by atoms with Crippen LogP contribution in [0.3, 0.4) is 0 Å². The summed E-state index contributed by atoms with van der Waals surface area (Å²) in [6, 6.07) is 11.2. The Morgan fingerprint density at radius 3 is 2.63 bits per heavy atom. The molecule has 0 heterocycles. The first-order chi connectivity index (χ1) is 9.09. The van der Waals surface area contributed by atoms with Gasteiger partial charge in [0.2, 0.25) is 0 Å². The second kappa shape index (κ2) is 5.71. The lowest BCUT2D eigenvalue weighted by molar-refractivity contribution is 0.0947. The first kappa shape index (κ1) is 13.4. The highest BCUT2D eigenvalue weighted by molar-refractivity contribution is 6.33. The van der Waals surface area contributed by atoms with Crippen molar-refractivity contribution < 1.29 is 9.18 Å². The molecule has 19 heavy (non-hydrogen) atoms. The van der Waals surface area contributed by atoms with Crippen LogP contribution in [0.1, 0.15) is 15.9 Å². The molecule has 0 atom stereocenters. The van der Waals surface area contributed by atoms with Gasteiger partial charge in [0.25, 0.3) is 5.91 Å². The van der Waals surface area contributed by atoms with Crippen LogP contribution in [0.15, 0.2) is 42.5 Å². The van der Waals surface area contributed by atoms with Gasteiger partial charge < -0.3 is 11.1 Å². The summed E-state index contributed by atoms with van der Waals surface area (Å²) >= 11 is 5.81. The molecule has 0 aliphatic carbocycles. The van der Waals surface area contributed by atoms with E-state index >= 15 is 0 Å². The minimum atomic E-state index is -0.647. The Hall–Kier alpha value is -2.07. The van der Waals surface area contributed by atoms with Gasteiger partial charge in [-0.15, -0.1) is 0 Å². The Bertz CT molecular complexity index is 596. The number of nitrogen functional groups attached to an aromatic ring is 1. The number of amides is 1. The number of halogens is 2. The van der Waals surface area contributed by atoms with Gasteiger partial charge in [-0.25, -0.2) is 4.39 Å². The van der Waals surface area contributed by atoms with Crippen molar-refractivity contribution in [3.8, 4) is 0 Å². The lowest BCUT2D eigenvalue weighted by Crippen LogP contribution is -2.24. The van der Waals surface area contributed by atoms with Gasteiger partial charge in [-0.05, 0) is 23.8 Å². The van der Waals surface area contributed by atoms with Crippen LogP contribution in [0.4, 0.5) is 10.1 Å². The van der Waals surface area contributed by atoms with E-state index in [1.807, 2.05) is 6.07 Å². The van der Waals surface area contributed by atoms with Gasteiger partial charge in [0.15, 0.2) is 0 Å². The molecule has 2 aromatic carbocycles. The highest BCUT2D eigenvalue weighted by Gasteiger charge is 2.15. The third-order valence-corrected chi connectivity index (χ3v) is 3.00. The average Bonchev–Trinajstić information content (AvgIpc) is 2.37. The van der Waals surface area contributed by atoms with Crippen molar-refractivity contribution in [1.82, 2.24) is 5.32 Å². The molecule has 2 aromatic rings. The predicted octanol–water partition coefficient (Wildman–Crippen LogP) is 2.99. The van der Waals surface area contributed by atoms with Crippen LogP contribution in [-0.2, 0) is 6.54 Å². The number of rotatable bonds is 3. The molecule has 0 radical (unpaired) electrons. The van der Waals surface area contributed by atoms with Crippen LogP contribution < -0.4 is 11.1 Å². The monoisotopic (exact) mass is 278 g/mol. The standard InChI is InChI=1S/C14H12ClFN2O/c15-10-5-3-6-11(16)13(10)14(19)18-8-9-4-1-2-7-12(9)17/h1-7H,8,17H2,(H,18,19). The molecule has 3 nitrogen and oxygen atoms in total. The van der Waals surface area contributed by atoms with Crippen molar-refractivity contribution in [2.24, 2.45) is 0 Å². The molecule has 2 rings (SSSR count). The lowest BCUT2D eigenvalue weighted by atomic mass is 10.1. The topological polar surface area (TPSA) is 55.1 Å². The lowest BCUT2D eigenvalue weighted by Gasteiger charge is -2.09. The number of anilines is 1. The van der Waals surface area contributed by atoms with Crippen molar-refractivity contribution in [1.29, 1.82) is 0 Å². The number of para-hydroxylation sites is 1. The SMILES string of the molecule is Nc1ccccc1CNC(=O)c1c(F)cccc1Cl. The molecule has 0 fully saturated rings. The van der Waals surface area contributed by atoms with Crippen LogP contribution in [-0.4, -0.2) is 5.91 Å². The minimum absolute atomic E-state index is 0.0820. The molecule has 3 N–H and O–H groups in total. The number of carbonyl (C=O) groups is 1. The Balaban J connectivity index is 2.13. The summed E-state index contributed by atoms with van der Waals surface area (Å²) in [6.07, 6.45) is 0. The molecule has 0 spiro atoms. The normalized spacial score (nSPS) is 10.2. The number of hydrogen-bond acceptors (Lipinski definition) is 2. The fourth-order valence-electron chi connectivity index (χ4n) is 1.67. The zero-order chi connectivity index (χ0) is 13.8. The molecule has 0 unspecified atom stereocenters. The van der Waals surface area contributed by atoms with Gasteiger partial charge in [-0.3, -0.25) is 4.79 Å². The molecule has 0 saturated carbocycles. The molecule has 98 valence electrons. The van der Waals surface area contributed by atoms with E-state index in [-0.39, 0.29) is 17.1 Å². The van der Waals surface area contributed by atoms with Gasteiger partial charge in [0, 0.05) is 12.2 Å². The second-order valence-corrected chi connectivity index (χ2v) is 4.39. The maximum atomic E-state index is 13.5. The minimum Gasteiger partial charge on any atom is -0.398 e. The van der Waals surface area contributed by atoms with E-state index in [4.69, 9.17) is 17.3 Å². The first-order valence-electron chi connectivity index (χ1n) is 5.65. The maximum Gasteiger partial charge on any atom is 0.256 e. The van der Waals surface area contributed by atoms with Crippen LogP contribution >= 0.6 is 11.6 Å². The van der Waals surface area contributed by atoms with Crippen molar-refractivity contribution in [2.75, 3.05) is 5.73 Å². The zero-order valence-electron chi connectivity index (χ0n) is 9.99. The van der Waals surface area contributed by atoms with Crippen molar-refractivity contribution in [2.45, 2.75) is 6.54 Å². The first-order valence-corrected chi connectivity index (χ1v) is 6.03. The Morgan fingerprint density at radius 2 is 1.95 bits per heavy atom. The number of hydrogen-bond donors (Lipinski definition) is 2. The van der Waals surface area contributed by atoms with Crippen molar-refractivity contribution >= 4 is 23.2 Å². The van der Waals surface area contributed by atoms with Crippen molar-refractivity contribution in [3.05, 3.63) is 64.4 Å². The molecular weight excluding hydrogens is 267 g/mol. The second-order valence-electron chi connectivity index (χ2n) is 3.98. The number of nitrogens with two attached hydrogens (primary N) is 1. The van der Waals surface area contributed by atoms with Crippen molar-refractivity contribution in [3.63, 3.8) is 0 Å². The molecular formula is C14H12ClFN2O. The smallest absolute Gasteiger partial charge is 0.256 e. The average molecular weight is 279 g/mol. The third-order valence-electron chi connectivity index (χ3n) is 2.68. The summed E-state index contributed by atoms with van der Waals surface area (Å²) in [5.41, 5.74) is 6.94. The summed E-state index contributed by atoms with van der Waals surface area (Å²) in [7, 11) is 0. The van der Waals surface area contributed by atoms with E-state index in [9.17, 15) is 9.18 Å². The Morgan fingerprint density at radius 1 is 1.21 bits per heavy atom. The summed E-state index contributed by atoms with van der Waals surface area (Å²) in [5.74, 6) is -1.21. The van der Waals surface area contributed by atoms with Crippen LogP contribution in [0.25, 0.3) is 0 Å². The fourth-order valence-corrected chi connectivity index (χ4v) is 1.92. The summed E-state index contributed by atoms with van der Waals surface area (Å²) in [6.45, 7) is 0.218. The molecule has 5 heteroatoms. The zero-order valence-corrected chi connectivity index (χ0v) is 10.7.